The molecule has 2 heterocycles. The van der Waals surface area contributed by atoms with Crippen molar-refractivity contribution in [1.82, 2.24) is 10.3 Å². The van der Waals surface area contributed by atoms with Gasteiger partial charge in [-0.15, -0.1) is 0 Å². The average Bonchev–Trinajstić information content (AvgIpc) is 2.42. The molecule has 0 atom stereocenters. The molecule has 5 nitrogen and oxygen atoms in total. The average molecular weight is 263 g/mol. The van der Waals surface area contributed by atoms with E-state index in [1.54, 1.807) is 12.3 Å². The van der Waals surface area contributed by atoms with Crippen molar-refractivity contribution in [3.05, 3.63) is 18.3 Å². The maximum atomic E-state index is 12.0. The third kappa shape index (κ3) is 4.21. The Labute approximate surface area is 113 Å². The van der Waals surface area contributed by atoms with E-state index in [9.17, 15) is 4.79 Å². The second-order valence-corrected chi connectivity index (χ2v) is 4.73. The molecule has 1 saturated heterocycles. The first-order valence-corrected chi connectivity index (χ1v) is 6.88. The normalized spacial score (nSPS) is 16.1. The molecular formula is C14H21N3O2. The third-order valence-electron chi connectivity index (χ3n) is 3.26. The van der Waals surface area contributed by atoms with Gasteiger partial charge in [0.25, 0.3) is 0 Å². The number of anilines is 1. The molecule has 19 heavy (non-hydrogen) atoms. The predicted octanol–water partition coefficient (Wildman–Crippen LogP) is 1.81. The van der Waals surface area contributed by atoms with E-state index in [0.717, 1.165) is 25.9 Å². The van der Waals surface area contributed by atoms with E-state index < -0.39 is 0 Å². The summed E-state index contributed by atoms with van der Waals surface area (Å²) < 4.78 is 5.39. The van der Waals surface area contributed by atoms with Crippen LogP contribution in [0.25, 0.3) is 0 Å². The van der Waals surface area contributed by atoms with E-state index in [0.29, 0.717) is 30.5 Å². The molecule has 0 radical (unpaired) electrons. The van der Waals surface area contributed by atoms with Crippen molar-refractivity contribution in [2.45, 2.75) is 26.2 Å². The Kier molecular flexibility index (Phi) is 5.15. The second-order valence-electron chi connectivity index (χ2n) is 4.73. The number of hydrogen-bond donors (Lipinski definition) is 2. The van der Waals surface area contributed by atoms with Crippen LogP contribution in [0.5, 0.6) is 5.88 Å². The number of nitrogens with one attached hydrogen (secondary N) is 2. The number of ether oxygens (including phenoxy) is 1. The van der Waals surface area contributed by atoms with E-state index in [2.05, 4.69) is 15.6 Å². The SMILES string of the molecule is CCOc1ncccc1NC(=O)CC1CCNCC1. The summed E-state index contributed by atoms with van der Waals surface area (Å²) in [6, 6.07) is 3.61. The minimum Gasteiger partial charge on any atom is -0.476 e. The highest BCUT2D eigenvalue weighted by Gasteiger charge is 2.17. The summed E-state index contributed by atoms with van der Waals surface area (Å²) in [5, 5.41) is 6.20. The monoisotopic (exact) mass is 263 g/mol. The second kappa shape index (κ2) is 7.09. The van der Waals surface area contributed by atoms with Gasteiger partial charge in [-0.25, -0.2) is 4.98 Å². The van der Waals surface area contributed by atoms with Crippen LogP contribution >= 0.6 is 0 Å². The van der Waals surface area contributed by atoms with Crippen molar-refractivity contribution >= 4 is 11.6 Å². The summed E-state index contributed by atoms with van der Waals surface area (Å²) in [5.41, 5.74) is 0.656. The molecule has 0 unspecified atom stereocenters. The number of amides is 1. The highest BCUT2D eigenvalue weighted by molar-refractivity contribution is 5.92. The zero-order valence-electron chi connectivity index (χ0n) is 11.3. The van der Waals surface area contributed by atoms with Gasteiger partial charge in [-0.3, -0.25) is 4.79 Å². The highest BCUT2D eigenvalue weighted by atomic mass is 16.5. The topological polar surface area (TPSA) is 63.2 Å². The fourth-order valence-electron chi connectivity index (χ4n) is 2.29. The molecule has 1 aliphatic rings. The van der Waals surface area contributed by atoms with Crippen molar-refractivity contribution in [2.24, 2.45) is 5.92 Å². The van der Waals surface area contributed by atoms with Gasteiger partial charge in [-0.1, -0.05) is 0 Å². The number of rotatable bonds is 5. The third-order valence-corrected chi connectivity index (χ3v) is 3.26. The lowest BCUT2D eigenvalue weighted by Gasteiger charge is -2.22. The van der Waals surface area contributed by atoms with Crippen LogP contribution in [-0.4, -0.2) is 30.6 Å². The Bertz CT molecular complexity index is 417. The van der Waals surface area contributed by atoms with Crippen molar-refractivity contribution in [3.63, 3.8) is 0 Å². The van der Waals surface area contributed by atoms with Gasteiger partial charge in [-0.05, 0) is 50.9 Å². The summed E-state index contributed by atoms with van der Waals surface area (Å²) in [6.45, 7) is 4.45. The number of piperidine rings is 1. The van der Waals surface area contributed by atoms with Crippen molar-refractivity contribution in [1.29, 1.82) is 0 Å². The fourth-order valence-corrected chi connectivity index (χ4v) is 2.29. The molecule has 1 fully saturated rings. The van der Waals surface area contributed by atoms with Gasteiger partial charge in [0.05, 0.1) is 6.61 Å². The first-order valence-electron chi connectivity index (χ1n) is 6.88. The Morgan fingerprint density at radius 3 is 3.05 bits per heavy atom. The van der Waals surface area contributed by atoms with Crippen molar-refractivity contribution in [3.8, 4) is 5.88 Å². The van der Waals surface area contributed by atoms with E-state index in [1.807, 2.05) is 13.0 Å². The first-order chi connectivity index (χ1) is 9.29. The fraction of sp³-hybridized carbons (Fsp3) is 0.571. The summed E-state index contributed by atoms with van der Waals surface area (Å²) in [4.78, 5) is 16.1. The molecule has 0 spiro atoms. The maximum absolute atomic E-state index is 12.0. The summed E-state index contributed by atoms with van der Waals surface area (Å²) in [7, 11) is 0. The predicted molar refractivity (Wildman–Crippen MR) is 74.2 cm³/mol. The number of carbonyl (C=O) groups is 1. The van der Waals surface area contributed by atoms with Crippen molar-refractivity contribution < 1.29 is 9.53 Å². The lowest BCUT2D eigenvalue weighted by Crippen LogP contribution is -2.30. The number of hydrogen-bond acceptors (Lipinski definition) is 4. The van der Waals surface area contributed by atoms with E-state index in [4.69, 9.17) is 4.74 Å². The molecule has 1 aromatic heterocycles. The molecule has 2 rings (SSSR count). The minimum atomic E-state index is 0.0425. The van der Waals surface area contributed by atoms with Crippen LogP contribution in [0, 0.1) is 5.92 Å². The van der Waals surface area contributed by atoms with Gasteiger partial charge in [0.1, 0.15) is 5.69 Å². The van der Waals surface area contributed by atoms with Crippen LogP contribution < -0.4 is 15.4 Å². The molecule has 2 N–H and O–H groups in total. The quantitative estimate of drug-likeness (QED) is 0.850. The summed E-state index contributed by atoms with van der Waals surface area (Å²) in [5.74, 6) is 1.01. The van der Waals surface area contributed by atoms with Crippen LogP contribution in [0.2, 0.25) is 0 Å². The Morgan fingerprint density at radius 2 is 2.32 bits per heavy atom. The van der Waals surface area contributed by atoms with Crippen LogP contribution in [0.15, 0.2) is 18.3 Å². The van der Waals surface area contributed by atoms with Crippen LogP contribution in [0.3, 0.4) is 0 Å². The Morgan fingerprint density at radius 1 is 1.53 bits per heavy atom. The molecular weight excluding hydrogens is 242 g/mol. The van der Waals surface area contributed by atoms with Gasteiger partial charge < -0.3 is 15.4 Å². The molecule has 0 aliphatic carbocycles. The van der Waals surface area contributed by atoms with E-state index in [-0.39, 0.29) is 5.91 Å². The van der Waals surface area contributed by atoms with Gasteiger partial charge in [-0.2, -0.15) is 0 Å². The van der Waals surface area contributed by atoms with E-state index >= 15 is 0 Å². The summed E-state index contributed by atoms with van der Waals surface area (Å²) >= 11 is 0. The lowest BCUT2D eigenvalue weighted by molar-refractivity contribution is -0.117. The molecule has 1 aliphatic heterocycles. The molecule has 1 aromatic rings. The Balaban J connectivity index is 1.90. The number of nitrogens with zero attached hydrogens (tertiary/aromatic N) is 1. The highest BCUT2D eigenvalue weighted by Crippen LogP contribution is 2.22. The molecule has 5 heteroatoms. The van der Waals surface area contributed by atoms with E-state index in [1.165, 1.54) is 0 Å². The zero-order valence-corrected chi connectivity index (χ0v) is 11.3. The molecule has 104 valence electrons. The first kappa shape index (κ1) is 13.8. The Hall–Kier alpha value is -1.62. The zero-order chi connectivity index (χ0) is 13.5. The van der Waals surface area contributed by atoms with Crippen LogP contribution in [-0.2, 0) is 4.79 Å². The number of pyridine rings is 1. The molecule has 0 bridgehead atoms. The number of carbonyl (C=O) groups excluding carboxylic acids is 1. The van der Waals surface area contributed by atoms with Gasteiger partial charge in [0.15, 0.2) is 0 Å². The van der Waals surface area contributed by atoms with Crippen LogP contribution in [0.4, 0.5) is 5.69 Å². The minimum absolute atomic E-state index is 0.0425. The van der Waals surface area contributed by atoms with Gasteiger partial charge >= 0.3 is 0 Å². The van der Waals surface area contributed by atoms with Gasteiger partial charge in [0, 0.05) is 12.6 Å². The maximum Gasteiger partial charge on any atom is 0.237 e. The van der Waals surface area contributed by atoms with Gasteiger partial charge in [0.2, 0.25) is 11.8 Å². The largest absolute Gasteiger partial charge is 0.476 e. The number of aromatic nitrogens is 1. The molecule has 0 saturated carbocycles. The molecule has 1 amide bonds. The smallest absolute Gasteiger partial charge is 0.237 e. The standard InChI is InChI=1S/C14H21N3O2/c1-2-19-14-12(4-3-7-16-14)17-13(18)10-11-5-8-15-9-6-11/h3-4,7,11,15H,2,5-6,8-10H2,1H3,(H,17,18). The van der Waals surface area contributed by atoms with Crippen molar-refractivity contribution in [2.75, 3.05) is 25.0 Å². The summed E-state index contributed by atoms with van der Waals surface area (Å²) in [6.07, 6.45) is 4.37. The molecule has 0 aromatic carbocycles. The lowest BCUT2D eigenvalue weighted by atomic mass is 9.94. The van der Waals surface area contributed by atoms with Crippen LogP contribution in [0.1, 0.15) is 26.2 Å².